The highest BCUT2D eigenvalue weighted by atomic mass is 35.5. The van der Waals surface area contributed by atoms with Crippen molar-refractivity contribution in [2.24, 2.45) is 0 Å². The SMILES string of the molecule is CCNCc1cc(Cl)ccc1N1CC(C)OCC1C. The van der Waals surface area contributed by atoms with E-state index in [1.807, 2.05) is 6.07 Å². The molecule has 0 saturated carbocycles. The lowest BCUT2D eigenvalue weighted by molar-refractivity contribution is 0.0343. The van der Waals surface area contributed by atoms with Crippen molar-refractivity contribution in [1.29, 1.82) is 0 Å². The molecule has 2 unspecified atom stereocenters. The molecule has 0 spiro atoms. The maximum atomic E-state index is 6.13. The number of hydrogen-bond acceptors (Lipinski definition) is 3. The fourth-order valence-corrected chi connectivity index (χ4v) is 2.67. The molecule has 0 bridgehead atoms. The van der Waals surface area contributed by atoms with E-state index in [-0.39, 0.29) is 6.10 Å². The minimum Gasteiger partial charge on any atom is -0.375 e. The van der Waals surface area contributed by atoms with E-state index >= 15 is 0 Å². The average molecular weight is 283 g/mol. The van der Waals surface area contributed by atoms with Crippen LogP contribution in [0.5, 0.6) is 0 Å². The Morgan fingerprint density at radius 3 is 2.95 bits per heavy atom. The standard InChI is InChI=1S/C15H23ClN2O/c1-4-17-8-13-7-14(16)5-6-15(13)18-9-12(3)19-10-11(18)2/h5-7,11-12,17H,4,8-10H2,1-3H3. The van der Waals surface area contributed by atoms with E-state index in [0.717, 1.165) is 31.3 Å². The number of nitrogens with one attached hydrogen (secondary N) is 1. The fraction of sp³-hybridized carbons (Fsp3) is 0.600. The minimum absolute atomic E-state index is 0.277. The zero-order valence-corrected chi connectivity index (χ0v) is 12.7. The molecule has 106 valence electrons. The van der Waals surface area contributed by atoms with Gasteiger partial charge in [0.25, 0.3) is 0 Å². The summed E-state index contributed by atoms with van der Waals surface area (Å²) < 4.78 is 5.70. The first-order valence-corrected chi connectivity index (χ1v) is 7.37. The predicted octanol–water partition coefficient (Wildman–Crippen LogP) is 3.06. The van der Waals surface area contributed by atoms with Crippen molar-refractivity contribution in [2.75, 3.05) is 24.6 Å². The van der Waals surface area contributed by atoms with Crippen molar-refractivity contribution in [2.45, 2.75) is 39.5 Å². The Morgan fingerprint density at radius 1 is 1.42 bits per heavy atom. The molecule has 1 aromatic rings. The average Bonchev–Trinajstić information content (AvgIpc) is 2.39. The summed E-state index contributed by atoms with van der Waals surface area (Å²) in [6.07, 6.45) is 0.277. The van der Waals surface area contributed by atoms with Crippen LogP contribution in [0.2, 0.25) is 5.02 Å². The lowest BCUT2D eigenvalue weighted by Gasteiger charge is -2.39. The molecular weight excluding hydrogens is 260 g/mol. The van der Waals surface area contributed by atoms with Gasteiger partial charge >= 0.3 is 0 Å². The second kappa shape index (κ2) is 6.60. The highest BCUT2D eigenvalue weighted by Crippen LogP contribution is 2.28. The lowest BCUT2D eigenvalue weighted by atomic mass is 10.1. The summed E-state index contributed by atoms with van der Waals surface area (Å²) >= 11 is 6.13. The summed E-state index contributed by atoms with van der Waals surface area (Å²) in [6, 6.07) is 6.56. The maximum Gasteiger partial charge on any atom is 0.0723 e. The van der Waals surface area contributed by atoms with Crippen LogP contribution in [0.4, 0.5) is 5.69 Å². The van der Waals surface area contributed by atoms with Gasteiger partial charge in [-0.05, 0) is 44.2 Å². The fourth-order valence-electron chi connectivity index (χ4n) is 2.47. The normalized spacial score (nSPS) is 23.7. The van der Waals surface area contributed by atoms with Gasteiger partial charge < -0.3 is 15.0 Å². The Hall–Kier alpha value is -0.770. The van der Waals surface area contributed by atoms with Crippen LogP contribution < -0.4 is 10.2 Å². The van der Waals surface area contributed by atoms with Crippen LogP contribution in [0.1, 0.15) is 26.3 Å². The Morgan fingerprint density at radius 2 is 2.21 bits per heavy atom. The summed E-state index contributed by atoms with van der Waals surface area (Å²) in [5.41, 5.74) is 2.53. The second-order valence-corrected chi connectivity index (χ2v) is 5.64. The molecule has 1 heterocycles. The number of ether oxygens (including phenoxy) is 1. The summed E-state index contributed by atoms with van der Waals surface area (Å²) in [5, 5.41) is 4.18. The van der Waals surface area contributed by atoms with Gasteiger partial charge in [-0.2, -0.15) is 0 Å². The van der Waals surface area contributed by atoms with E-state index in [0.29, 0.717) is 6.04 Å². The number of hydrogen-bond donors (Lipinski definition) is 1. The van der Waals surface area contributed by atoms with Crippen molar-refractivity contribution in [3.8, 4) is 0 Å². The molecule has 0 aliphatic carbocycles. The van der Waals surface area contributed by atoms with E-state index in [1.165, 1.54) is 11.3 Å². The van der Waals surface area contributed by atoms with Crippen molar-refractivity contribution >= 4 is 17.3 Å². The zero-order chi connectivity index (χ0) is 13.8. The molecule has 2 atom stereocenters. The number of benzene rings is 1. The zero-order valence-electron chi connectivity index (χ0n) is 11.9. The Balaban J connectivity index is 2.26. The predicted molar refractivity (Wildman–Crippen MR) is 81.1 cm³/mol. The summed E-state index contributed by atoms with van der Waals surface area (Å²) in [4.78, 5) is 2.43. The molecule has 0 aromatic heterocycles. The van der Waals surface area contributed by atoms with Gasteiger partial charge in [-0.1, -0.05) is 18.5 Å². The van der Waals surface area contributed by atoms with Crippen molar-refractivity contribution < 1.29 is 4.74 Å². The third kappa shape index (κ3) is 3.62. The van der Waals surface area contributed by atoms with Gasteiger partial charge in [0.2, 0.25) is 0 Å². The molecule has 1 fully saturated rings. The van der Waals surface area contributed by atoms with Gasteiger partial charge in [-0.3, -0.25) is 0 Å². The van der Waals surface area contributed by atoms with Gasteiger partial charge in [0, 0.05) is 29.8 Å². The van der Waals surface area contributed by atoms with E-state index in [2.05, 4.69) is 43.1 Å². The van der Waals surface area contributed by atoms with Crippen LogP contribution >= 0.6 is 11.6 Å². The quantitative estimate of drug-likeness (QED) is 0.919. The molecule has 19 heavy (non-hydrogen) atoms. The number of rotatable bonds is 4. The first-order valence-electron chi connectivity index (χ1n) is 6.99. The highest BCUT2D eigenvalue weighted by molar-refractivity contribution is 6.30. The summed E-state index contributed by atoms with van der Waals surface area (Å²) in [5.74, 6) is 0. The van der Waals surface area contributed by atoms with E-state index in [4.69, 9.17) is 16.3 Å². The second-order valence-electron chi connectivity index (χ2n) is 5.20. The van der Waals surface area contributed by atoms with Gasteiger partial charge in [0.05, 0.1) is 12.7 Å². The Labute approximate surface area is 120 Å². The van der Waals surface area contributed by atoms with Gasteiger partial charge in [0.15, 0.2) is 0 Å². The molecule has 0 amide bonds. The molecule has 1 N–H and O–H groups in total. The van der Waals surface area contributed by atoms with Crippen LogP contribution in [0, 0.1) is 0 Å². The molecule has 2 rings (SSSR count). The van der Waals surface area contributed by atoms with E-state index in [1.54, 1.807) is 0 Å². The molecular formula is C15H23ClN2O. The lowest BCUT2D eigenvalue weighted by Crippen LogP contribution is -2.47. The molecule has 3 nitrogen and oxygen atoms in total. The number of anilines is 1. The number of halogens is 1. The molecule has 1 aliphatic rings. The topological polar surface area (TPSA) is 24.5 Å². The van der Waals surface area contributed by atoms with Crippen molar-refractivity contribution in [3.05, 3.63) is 28.8 Å². The van der Waals surface area contributed by atoms with Crippen LogP contribution in [-0.4, -0.2) is 31.8 Å². The highest BCUT2D eigenvalue weighted by Gasteiger charge is 2.25. The van der Waals surface area contributed by atoms with Crippen molar-refractivity contribution in [1.82, 2.24) is 5.32 Å². The molecule has 1 aliphatic heterocycles. The Bertz CT molecular complexity index is 425. The van der Waals surface area contributed by atoms with Crippen LogP contribution in [0.25, 0.3) is 0 Å². The number of morpholine rings is 1. The Kier molecular flexibility index (Phi) is 5.08. The maximum absolute atomic E-state index is 6.13. The third-order valence-corrected chi connectivity index (χ3v) is 3.76. The molecule has 1 aromatic carbocycles. The van der Waals surface area contributed by atoms with Gasteiger partial charge in [0.1, 0.15) is 0 Å². The largest absolute Gasteiger partial charge is 0.375 e. The van der Waals surface area contributed by atoms with E-state index < -0.39 is 0 Å². The molecule has 0 radical (unpaired) electrons. The van der Waals surface area contributed by atoms with Gasteiger partial charge in [-0.25, -0.2) is 0 Å². The van der Waals surface area contributed by atoms with Crippen molar-refractivity contribution in [3.63, 3.8) is 0 Å². The van der Waals surface area contributed by atoms with Gasteiger partial charge in [-0.15, -0.1) is 0 Å². The van der Waals surface area contributed by atoms with E-state index in [9.17, 15) is 0 Å². The minimum atomic E-state index is 0.277. The first kappa shape index (κ1) is 14.6. The monoisotopic (exact) mass is 282 g/mol. The summed E-state index contributed by atoms with van der Waals surface area (Å²) in [6.45, 7) is 9.97. The number of nitrogens with zero attached hydrogens (tertiary/aromatic N) is 1. The smallest absolute Gasteiger partial charge is 0.0723 e. The third-order valence-electron chi connectivity index (χ3n) is 3.52. The summed E-state index contributed by atoms with van der Waals surface area (Å²) in [7, 11) is 0. The molecule has 4 heteroatoms. The van der Waals surface area contributed by atoms with Crippen LogP contribution in [-0.2, 0) is 11.3 Å². The van der Waals surface area contributed by atoms with Crippen LogP contribution in [0.15, 0.2) is 18.2 Å². The van der Waals surface area contributed by atoms with Crippen LogP contribution in [0.3, 0.4) is 0 Å². The first-order chi connectivity index (χ1) is 9.11. The molecule has 1 saturated heterocycles.